The topological polar surface area (TPSA) is 98.1 Å². The van der Waals surface area contributed by atoms with Gasteiger partial charge in [0, 0.05) is 42.8 Å². The maximum absolute atomic E-state index is 13.7. The van der Waals surface area contributed by atoms with Crippen molar-refractivity contribution in [3.8, 4) is 28.1 Å². The first-order chi connectivity index (χ1) is 20.3. The Morgan fingerprint density at radius 1 is 1.05 bits per heavy atom. The number of thiophene rings is 1. The van der Waals surface area contributed by atoms with E-state index in [1.807, 2.05) is 48.3 Å². The predicted molar refractivity (Wildman–Crippen MR) is 171 cm³/mol. The SMILES string of the molecule is CNC(=N)NCc1c(C(=O)NN2CCCCC2)nn(-c2ccc(Cl)cc2Cl)c1-c1ccc(C#Cc2ccc(C)cc2)s1. The van der Waals surface area contributed by atoms with Gasteiger partial charge in [0.05, 0.1) is 26.2 Å². The number of halogens is 2. The van der Waals surface area contributed by atoms with Gasteiger partial charge in [0.25, 0.3) is 5.91 Å². The Labute approximate surface area is 259 Å². The Morgan fingerprint density at radius 2 is 1.81 bits per heavy atom. The van der Waals surface area contributed by atoms with Crippen LogP contribution in [-0.2, 0) is 6.54 Å². The third-order valence-corrected chi connectivity index (χ3v) is 8.41. The second-order valence-electron chi connectivity index (χ2n) is 9.93. The van der Waals surface area contributed by atoms with Gasteiger partial charge in [0.15, 0.2) is 11.7 Å². The first-order valence-corrected chi connectivity index (χ1v) is 15.2. The van der Waals surface area contributed by atoms with Crippen molar-refractivity contribution in [2.75, 3.05) is 20.1 Å². The fraction of sp³-hybridized carbons (Fsp3) is 0.258. The summed E-state index contributed by atoms with van der Waals surface area (Å²) in [6.07, 6.45) is 3.19. The van der Waals surface area contributed by atoms with Crippen molar-refractivity contribution in [1.82, 2.24) is 30.8 Å². The van der Waals surface area contributed by atoms with Crippen LogP contribution in [0.4, 0.5) is 0 Å². The molecule has 1 aliphatic rings. The molecular weight excluding hydrogens is 589 g/mol. The van der Waals surface area contributed by atoms with Gasteiger partial charge in [-0.3, -0.25) is 15.6 Å². The number of nitrogens with zero attached hydrogens (tertiary/aromatic N) is 3. The molecule has 1 aliphatic heterocycles. The van der Waals surface area contributed by atoms with Gasteiger partial charge in [0.2, 0.25) is 0 Å². The second kappa shape index (κ2) is 13.4. The fourth-order valence-corrected chi connectivity index (χ4v) is 6.06. The molecule has 0 spiro atoms. The summed E-state index contributed by atoms with van der Waals surface area (Å²) in [5.41, 5.74) is 7.31. The molecule has 216 valence electrons. The summed E-state index contributed by atoms with van der Waals surface area (Å²) in [4.78, 5) is 15.4. The van der Waals surface area contributed by atoms with E-state index in [1.165, 1.54) is 16.9 Å². The van der Waals surface area contributed by atoms with Crippen LogP contribution in [0.5, 0.6) is 0 Å². The van der Waals surface area contributed by atoms with Gasteiger partial charge in [-0.05, 0) is 62.2 Å². The molecule has 8 nitrogen and oxygen atoms in total. The van der Waals surface area contributed by atoms with Crippen LogP contribution >= 0.6 is 34.5 Å². The molecule has 1 fully saturated rings. The number of carbonyl (C=O) groups excluding carboxylic acids is 1. The van der Waals surface area contributed by atoms with Gasteiger partial charge in [-0.1, -0.05) is 59.2 Å². The number of hydrazine groups is 1. The van der Waals surface area contributed by atoms with Gasteiger partial charge < -0.3 is 10.6 Å². The molecule has 4 N–H and O–H groups in total. The third kappa shape index (κ3) is 6.97. The van der Waals surface area contributed by atoms with Crippen LogP contribution in [-0.4, -0.2) is 46.8 Å². The number of hydrogen-bond acceptors (Lipinski definition) is 5. The van der Waals surface area contributed by atoms with Crippen molar-refractivity contribution in [3.63, 3.8) is 0 Å². The summed E-state index contributed by atoms with van der Waals surface area (Å²) in [7, 11) is 1.66. The van der Waals surface area contributed by atoms with E-state index in [0.717, 1.165) is 47.7 Å². The molecule has 0 radical (unpaired) electrons. The van der Waals surface area contributed by atoms with Crippen molar-refractivity contribution >= 4 is 46.4 Å². The molecule has 0 saturated carbocycles. The number of guanidine groups is 1. The number of benzene rings is 2. The average Bonchev–Trinajstić information content (AvgIpc) is 3.61. The van der Waals surface area contributed by atoms with Gasteiger partial charge >= 0.3 is 0 Å². The lowest BCUT2D eigenvalue weighted by atomic mass is 10.1. The minimum absolute atomic E-state index is 0.122. The van der Waals surface area contributed by atoms with E-state index in [4.69, 9.17) is 33.7 Å². The number of aryl methyl sites for hydroxylation is 1. The third-order valence-electron chi connectivity index (χ3n) is 6.87. The van der Waals surface area contributed by atoms with Crippen LogP contribution in [0, 0.1) is 24.2 Å². The summed E-state index contributed by atoms with van der Waals surface area (Å²) in [5, 5.41) is 21.6. The Morgan fingerprint density at radius 3 is 2.52 bits per heavy atom. The largest absolute Gasteiger partial charge is 0.360 e. The molecule has 1 saturated heterocycles. The van der Waals surface area contributed by atoms with Crippen molar-refractivity contribution in [1.29, 1.82) is 5.41 Å². The van der Waals surface area contributed by atoms with Crippen molar-refractivity contribution in [2.24, 2.45) is 0 Å². The average molecular weight is 621 g/mol. The Balaban J connectivity index is 1.61. The molecule has 5 rings (SSSR count). The standard InChI is InChI=1S/C31H31Cl2N7OS/c1-20-6-8-21(9-7-20)10-12-23-13-15-27(42-23)29-24(19-36-31(34)35-2)28(30(41)38-39-16-4-3-5-17-39)37-40(29)26-14-11-22(32)18-25(26)33/h6-9,11,13-15,18H,3-5,16-17,19H2,1-2H3,(H,38,41)(H3,34,35,36). The molecule has 4 aromatic rings. The van der Waals surface area contributed by atoms with Crippen LogP contribution in [0.25, 0.3) is 16.3 Å². The highest BCUT2D eigenvalue weighted by Crippen LogP contribution is 2.36. The number of aromatic nitrogens is 2. The smallest absolute Gasteiger partial charge is 0.286 e. The zero-order chi connectivity index (χ0) is 29.6. The summed E-state index contributed by atoms with van der Waals surface area (Å²) in [6, 6.07) is 17.2. The van der Waals surface area contributed by atoms with Gasteiger partial charge in [-0.25, -0.2) is 9.69 Å². The highest BCUT2D eigenvalue weighted by atomic mass is 35.5. The van der Waals surface area contributed by atoms with E-state index in [0.29, 0.717) is 27.0 Å². The lowest BCUT2D eigenvalue weighted by Gasteiger charge is -2.26. The molecular formula is C31H31Cl2N7OS. The van der Waals surface area contributed by atoms with Crippen LogP contribution in [0.3, 0.4) is 0 Å². The molecule has 0 atom stereocenters. The van der Waals surface area contributed by atoms with Crippen molar-refractivity contribution in [3.05, 3.63) is 91.9 Å². The number of amides is 1. The zero-order valence-electron chi connectivity index (χ0n) is 23.4. The normalized spacial score (nSPS) is 13.2. The van der Waals surface area contributed by atoms with Crippen LogP contribution < -0.4 is 16.1 Å². The molecule has 11 heteroatoms. The fourth-order valence-electron chi connectivity index (χ4n) is 4.65. The van der Waals surface area contributed by atoms with Gasteiger partial charge in [-0.2, -0.15) is 5.10 Å². The predicted octanol–water partition coefficient (Wildman–Crippen LogP) is 5.99. The Kier molecular flexibility index (Phi) is 9.50. The highest BCUT2D eigenvalue weighted by Gasteiger charge is 2.28. The van der Waals surface area contributed by atoms with Crippen molar-refractivity contribution in [2.45, 2.75) is 32.7 Å². The lowest BCUT2D eigenvalue weighted by molar-refractivity contribution is 0.0743. The first kappa shape index (κ1) is 29.7. The first-order valence-electron chi connectivity index (χ1n) is 13.6. The molecule has 1 amide bonds. The van der Waals surface area contributed by atoms with Crippen LogP contribution in [0.1, 0.15) is 51.3 Å². The van der Waals surface area contributed by atoms with E-state index in [1.54, 1.807) is 29.9 Å². The van der Waals surface area contributed by atoms with E-state index < -0.39 is 0 Å². The highest BCUT2D eigenvalue weighted by molar-refractivity contribution is 7.16. The van der Waals surface area contributed by atoms with Gasteiger partial charge in [-0.15, -0.1) is 11.3 Å². The number of piperidine rings is 1. The molecule has 3 heterocycles. The zero-order valence-corrected chi connectivity index (χ0v) is 25.7. The minimum atomic E-state index is -0.314. The van der Waals surface area contributed by atoms with Crippen LogP contribution in [0.15, 0.2) is 54.6 Å². The second-order valence-corrected chi connectivity index (χ2v) is 11.9. The molecule has 42 heavy (non-hydrogen) atoms. The minimum Gasteiger partial charge on any atom is -0.360 e. The summed E-state index contributed by atoms with van der Waals surface area (Å²) in [6.45, 7) is 3.80. The molecule has 2 aromatic heterocycles. The maximum atomic E-state index is 13.7. The summed E-state index contributed by atoms with van der Waals surface area (Å²) >= 11 is 14.4. The summed E-state index contributed by atoms with van der Waals surface area (Å²) in [5.74, 6) is 6.30. The Hall–Kier alpha value is -3.81. The Bertz CT molecular complexity index is 1660. The number of nitrogens with one attached hydrogen (secondary N) is 4. The van der Waals surface area contributed by atoms with Crippen molar-refractivity contribution < 1.29 is 4.79 Å². The molecule has 0 bridgehead atoms. The van der Waals surface area contributed by atoms with E-state index in [2.05, 4.69) is 27.9 Å². The van der Waals surface area contributed by atoms with E-state index >= 15 is 0 Å². The monoisotopic (exact) mass is 619 g/mol. The quantitative estimate of drug-likeness (QED) is 0.121. The number of hydrogen-bond donors (Lipinski definition) is 4. The van der Waals surface area contributed by atoms with Gasteiger partial charge in [0.1, 0.15) is 0 Å². The molecule has 2 aromatic carbocycles. The lowest BCUT2D eigenvalue weighted by Crippen LogP contribution is -2.45. The molecule has 0 unspecified atom stereocenters. The van der Waals surface area contributed by atoms with Crippen LogP contribution in [0.2, 0.25) is 10.0 Å². The van der Waals surface area contributed by atoms with E-state index in [-0.39, 0.29) is 24.1 Å². The number of rotatable bonds is 6. The molecule has 0 aliphatic carbocycles. The maximum Gasteiger partial charge on any atom is 0.286 e. The summed E-state index contributed by atoms with van der Waals surface area (Å²) < 4.78 is 1.69. The van der Waals surface area contributed by atoms with E-state index in [9.17, 15) is 4.79 Å². The number of carbonyl (C=O) groups is 1.